The number of hydrogen-bond acceptors (Lipinski definition) is 2. The van der Waals surface area contributed by atoms with E-state index in [1.54, 1.807) is 30.5 Å². The lowest BCUT2D eigenvalue weighted by Gasteiger charge is -2.03. The van der Waals surface area contributed by atoms with Gasteiger partial charge in [0.2, 0.25) is 0 Å². The van der Waals surface area contributed by atoms with E-state index in [4.69, 9.17) is 4.42 Å². The Morgan fingerprint density at radius 2 is 1.38 bits per heavy atom. The molecule has 0 N–H and O–H groups in total. The maximum absolute atomic E-state index is 12.3. The second-order valence-electron chi connectivity index (χ2n) is 4.47. The normalized spacial score (nSPS) is 11.3. The van der Waals surface area contributed by atoms with Gasteiger partial charge in [0.15, 0.2) is 5.76 Å². The molecule has 1 aromatic heterocycles. The number of benzene rings is 2. The van der Waals surface area contributed by atoms with Crippen molar-refractivity contribution in [3.05, 3.63) is 95.9 Å². The Morgan fingerprint density at radius 1 is 0.762 bits per heavy atom. The van der Waals surface area contributed by atoms with Crippen LogP contribution in [0.1, 0.15) is 21.7 Å². The minimum absolute atomic E-state index is 0.286. The number of rotatable bonds is 3. The molecule has 3 rings (SSSR count). The highest BCUT2D eigenvalue weighted by Gasteiger charge is 2.12. The molecule has 0 spiro atoms. The molecule has 1 heterocycles. The van der Waals surface area contributed by atoms with Gasteiger partial charge in [-0.3, -0.25) is 4.79 Å². The third-order valence-electron chi connectivity index (χ3n) is 3.04. The Kier molecular flexibility index (Phi) is 3.74. The zero-order valence-corrected chi connectivity index (χ0v) is 11.3. The third kappa shape index (κ3) is 2.98. The van der Waals surface area contributed by atoms with E-state index >= 15 is 0 Å². The zero-order chi connectivity index (χ0) is 14.5. The van der Waals surface area contributed by atoms with Crippen LogP contribution >= 0.6 is 0 Å². The minimum Gasteiger partial charge on any atom is -0.463 e. The van der Waals surface area contributed by atoms with Crippen LogP contribution in [-0.4, -0.2) is 11.6 Å². The third-order valence-corrected chi connectivity index (χ3v) is 3.04. The van der Waals surface area contributed by atoms with E-state index in [9.17, 15) is 4.79 Å². The molecule has 0 radical (unpaired) electrons. The van der Waals surface area contributed by atoms with Crippen LogP contribution in [0.3, 0.4) is 0 Å². The van der Waals surface area contributed by atoms with Crippen LogP contribution in [0.5, 0.6) is 0 Å². The van der Waals surface area contributed by atoms with E-state index in [0.717, 1.165) is 5.56 Å². The summed E-state index contributed by atoms with van der Waals surface area (Å²) in [5.74, 6) is 0.288. The van der Waals surface area contributed by atoms with Crippen molar-refractivity contribution in [2.75, 3.05) is 0 Å². The second kappa shape index (κ2) is 6.01. The van der Waals surface area contributed by atoms with E-state index in [2.05, 4.69) is 4.99 Å². The second-order valence-corrected chi connectivity index (χ2v) is 4.47. The van der Waals surface area contributed by atoms with Gasteiger partial charge in [-0.2, -0.15) is 0 Å². The summed E-state index contributed by atoms with van der Waals surface area (Å²) in [5, 5.41) is 0. The van der Waals surface area contributed by atoms with Crippen LogP contribution in [0.25, 0.3) is 0 Å². The molecule has 0 atom stereocenters. The average Bonchev–Trinajstić information content (AvgIpc) is 3.08. The smallest absolute Gasteiger partial charge is 0.277 e. The van der Waals surface area contributed by atoms with E-state index < -0.39 is 0 Å². The molecule has 0 aliphatic rings. The Labute approximate surface area is 122 Å². The van der Waals surface area contributed by atoms with Gasteiger partial charge in [-0.1, -0.05) is 48.5 Å². The van der Waals surface area contributed by atoms with Crippen molar-refractivity contribution in [1.82, 2.24) is 0 Å². The quantitative estimate of drug-likeness (QED) is 0.679. The van der Waals surface area contributed by atoms with Crippen molar-refractivity contribution in [3.63, 3.8) is 0 Å². The predicted octanol–water partition coefficient (Wildman–Crippen LogP) is 3.96. The molecule has 0 saturated heterocycles. The van der Waals surface area contributed by atoms with Gasteiger partial charge in [0.05, 0.1) is 6.26 Å². The van der Waals surface area contributed by atoms with Gasteiger partial charge in [-0.25, -0.2) is 4.99 Å². The van der Waals surface area contributed by atoms with Crippen LogP contribution in [0.15, 0.2) is 88.5 Å². The van der Waals surface area contributed by atoms with Crippen LogP contribution < -0.4 is 0 Å². The fourth-order valence-corrected chi connectivity index (χ4v) is 2.02. The number of nitrogens with zero attached hydrogens (tertiary/aromatic N) is 1. The van der Waals surface area contributed by atoms with Gasteiger partial charge in [0, 0.05) is 11.1 Å². The number of hydrogen-bond donors (Lipinski definition) is 0. The zero-order valence-electron chi connectivity index (χ0n) is 11.3. The first kappa shape index (κ1) is 13.1. The average molecular weight is 275 g/mol. The summed E-state index contributed by atoms with van der Waals surface area (Å²) in [6, 6.07) is 22.1. The molecule has 0 fully saturated rings. The first-order valence-electron chi connectivity index (χ1n) is 6.62. The standard InChI is InChI=1S/C18H13NO2/c20-18(15-10-5-2-6-11-15)19-17(16-12-7-13-21-16)14-8-3-1-4-9-14/h1-13H. The summed E-state index contributed by atoms with van der Waals surface area (Å²) < 4.78 is 5.40. The molecule has 2 aromatic carbocycles. The summed E-state index contributed by atoms with van der Waals surface area (Å²) in [6.07, 6.45) is 1.57. The van der Waals surface area contributed by atoms with E-state index in [0.29, 0.717) is 17.0 Å². The topological polar surface area (TPSA) is 42.6 Å². The molecule has 21 heavy (non-hydrogen) atoms. The number of carbonyl (C=O) groups excluding carboxylic acids is 1. The molecule has 102 valence electrons. The van der Waals surface area contributed by atoms with Crippen molar-refractivity contribution in [2.24, 2.45) is 4.99 Å². The minimum atomic E-state index is -0.286. The monoisotopic (exact) mass is 275 g/mol. The molecule has 3 nitrogen and oxygen atoms in total. The molecule has 3 heteroatoms. The number of carbonyl (C=O) groups is 1. The molecule has 1 amide bonds. The van der Waals surface area contributed by atoms with E-state index in [-0.39, 0.29) is 5.91 Å². The van der Waals surface area contributed by atoms with Gasteiger partial charge in [0.25, 0.3) is 5.91 Å². The van der Waals surface area contributed by atoms with Gasteiger partial charge in [-0.05, 0) is 24.3 Å². The molecule has 0 bridgehead atoms. The van der Waals surface area contributed by atoms with E-state index in [1.807, 2.05) is 48.5 Å². The molecular formula is C18H13NO2. The fraction of sp³-hybridized carbons (Fsp3) is 0. The highest BCUT2D eigenvalue weighted by Crippen LogP contribution is 2.13. The summed E-state index contributed by atoms with van der Waals surface area (Å²) in [6.45, 7) is 0. The number of furan rings is 1. The highest BCUT2D eigenvalue weighted by molar-refractivity contribution is 6.17. The number of aliphatic imine (C=N–C) groups is 1. The Bertz CT molecular complexity index is 744. The highest BCUT2D eigenvalue weighted by atomic mass is 16.3. The van der Waals surface area contributed by atoms with Gasteiger partial charge < -0.3 is 4.42 Å². The largest absolute Gasteiger partial charge is 0.463 e. The Morgan fingerprint density at radius 3 is 1.95 bits per heavy atom. The lowest BCUT2D eigenvalue weighted by molar-refractivity contribution is 0.100. The lowest BCUT2D eigenvalue weighted by Crippen LogP contribution is -2.06. The van der Waals surface area contributed by atoms with Gasteiger partial charge in [-0.15, -0.1) is 0 Å². The molecule has 0 saturated carbocycles. The van der Waals surface area contributed by atoms with Gasteiger partial charge >= 0.3 is 0 Å². The fourth-order valence-electron chi connectivity index (χ4n) is 2.02. The summed E-state index contributed by atoms with van der Waals surface area (Å²) in [4.78, 5) is 16.5. The van der Waals surface area contributed by atoms with Crippen LogP contribution in [0, 0.1) is 0 Å². The molecule has 0 aliphatic carbocycles. The van der Waals surface area contributed by atoms with Gasteiger partial charge in [0.1, 0.15) is 5.71 Å². The van der Waals surface area contributed by atoms with Crippen molar-refractivity contribution in [1.29, 1.82) is 0 Å². The number of amides is 1. The van der Waals surface area contributed by atoms with Crippen LogP contribution in [0.2, 0.25) is 0 Å². The first-order valence-corrected chi connectivity index (χ1v) is 6.62. The lowest BCUT2D eigenvalue weighted by atomic mass is 10.1. The van der Waals surface area contributed by atoms with Crippen molar-refractivity contribution >= 4 is 11.6 Å². The molecular weight excluding hydrogens is 262 g/mol. The SMILES string of the molecule is O=C(N=C(c1ccccc1)c1ccco1)c1ccccc1. The summed E-state index contributed by atoms with van der Waals surface area (Å²) in [5.41, 5.74) is 1.93. The van der Waals surface area contributed by atoms with Crippen molar-refractivity contribution in [2.45, 2.75) is 0 Å². The molecule has 3 aromatic rings. The Hall–Kier alpha value is -2.94. The maximum atomic E-state index is 12.3. The van der Waals surface area contributed by atoms with E-state index in [1.165, 1.54) is 0 Å². The molecule has 0 unspecified atom stereocenters. The summed E-state index contributed by atoms with van der Waals surface area (Å²) >= 11 is 0. The Balaban J connectivity index is 2.04. The van der Waals surface area contributed by atoms with Crippen molar-refractivity contribution in [3.8, 4) is 0 Å². The molecule has 0 aliphatic heterocycles. The predicted molar refractivity (Wildman–Crippen MR) is 81.6 cm³/mol. The van der Waals surface area contributed by atoms with Crippen molar-refractivity contribution < 1.29 is 9.21 Å². The summed E-state index contributed by atoms with van der Waals surface area (Å²) in [7, 11) is 0. The first-order chi connectivity index (χ1) is 10.3. The maximum Gasteiger partial charge on any atom is 0.277 e. The van der Waals surface area contributed by atoms with Crippen LogP contribution in [-0.2, 0) is 0 Å². The van der Waals surface area contributed by atoms with Crippen LogP contribution in [0.4, 0.5) is 0 Å².